The second kappa shape index (κ2) is 7.28. The lowest BCUT2D eigenvalue weighted by atomic mass is 10.1. The Morgan fingerprint density at radius 2 is 2.04 bits per heavy atom. The minimum Gasteiger partial charge on any atom is -0.384 e. The molecule has 3 N–H and O–H groups in total. The van der Waals surface area contributed by atoms with E-state index in [0.29, 0.717) is 41.3 Å². The number of nitrogens with zero attached hydrogens (tertiary/aromatic N) is 2. The van der Waals surface area contributed by atoms with Crippen molar-refractivity contribution in [2.45, 2.75) is 13.3 Å². The van der Waals surface area contributed by atoms with Gasteiger partial charge in [-0.15, -0.1) is 12.4 Å². The number of carbonyl (C=O) groups excluding carboxylic acids is 1. The average molecular weight is 383 g/mol. The lowest BCUT2D eigenvalue weighted by Crippen LogP contribution is -2.25. The molecule has 1 saturated heterocycles. The molecule has 1 amide bonds. The number of benzene rings is 1. The van der Waals surface area contributed by atoms with Crippen molar-refractivity contribution in [1.29, 1.82) is 0 Å². The number of anilines is 3. The van der Waals surface area contributed by atoms with Gasteiger partial charge in [0.25, 0.3) is 5.91 Å². The smallest absolute Gasteiger partial charge is 0.255 e. The van der Waals surface area contributed by atoms with E-state index in [1.165, 1.54) is 10.5 Å². The number of carbonyl (C=O) groups is 1. The van der Waals surface area contributed by atoms with Gasteiger partial charge >= 0.3 is 0 Å². The first-order valence-electron chi connectivity index (χ1n) is 7.51. The third-order valence-electron chi connectivity index (χ3n) is 3.89. The van der Waals surface area contributed by atoms with E-state index in [9.17, 15) is 13.2 Å². The number of sulfonamides is 1. The zero-order valence-corrected chi connectivity index (χ0v) is 15.2. The fourth-order valence-electron chi connectivity index (χ4n) is 2.66. The number of rotatable bonds is 3. The van der Waals surface area contributed by atoms with Crippen molar-refractivity contribution < 1.29 is 13.2 Å². The monoisotopic (exact) mass is 382 g/mol. The summed E-state index contributed by atoms with van der Waals surface area (Å²) in [4.78, 5) is 16.3. The summed E-state index contributed by atoms with van der Waals surface area (Å²) in [5.74, 6) is 0.258. The van der Waals surface area contributed by atoms with Crippen molar-refractivity contribution in [3.63, 3.8) is 0 Å². The third-order valence-corrected chi connectivity index (χ3v) is 5.76. The number of hydrogen-bond donors (Lipinski definition) is 2. The first-order chi connectivity index (χ1) is 11.4. The van der Waals surface area contributed by atoms with Gasteiger partial charge in [0, 0.05) is 12.1 Å². The van der Waals surface area contributed by atoms with Gasteiger partial charge in [-0.3, -0.25) is 9.10 Å². The van der Waals surface area contributed by atoms with Crippen LogP contribution in [0.25, 0.3) is 0 Å². The van der Waals surface area contributed by atoms with E-state index in [1.807, 2.05) is 0 Å². The molecule has 0 unspecified atom stereocenters. The van der Waals surface area contributed by atoms with Crippen molar-refractivity contribution in [1.82, 2.24) is 4.98 Å². The molecular weight excluding hydrogens is 364 g/mol. The van der Waals surface area contributed by atoms with E-state index in [0.717, 1.165) is 0 Å². The molecule has 2 heterocycles. The number of amides is 1. The molecule has 2 aromatic rings. The summed E-state index contributed by atoms with van der Waals surface area (Å²) in [7, 11) is -3.23. The van der Waals surface area contributed by atoms with Crippen LogP contribution in [0.1, 0.15) is 22.3 Å². The molecular formula is C16H19ClN4O3S. The van der Waals surface area contributed by atoms with E-state index in [1.54, 1.807) is 37.3 Å². The van der Waals surface area contributed by atoms with Gasteiger partial charge in [-0.1, -0.05) is 0 Å². The lowest BCUT2D eigenvalue weighted by molar-refractivity contribution is 0.102. The molecule has 7 nitrogen and oxygen atoms in total. The van der Waals surface area contributed by atoms with Gasteiger partial charge in [-0.05, 0) is 49.2 Å². The maximum Gasteiger partial charge on any atom is 0.255 e. The Bertz CT molecular complexity index is 885. The highest BCUT2D eigenvalue weighted by atomic mass is 35.5. The Morgan fingerprint density at radius 3 is 2.60 bits per heavy atom. The lowest BCUT2D eigenvalue weighted by Gasteiger charge is -2.18. The van der Waals surface area contributed by atoms with Crippen LogP contribution in [0.3, 0.4) is 0 Å². The molecule has 3 rings (SSSR count). The average Bonchev–Trinajstić information content (AvgIpc) is 2.88. The number of nitrogens with two attached hydrogens (primary N) is 1. The van der Waals surface area contributed by atoms with Crippen LogP contribution in [0.15, 0.2) is 36.5 Å². The van der Waals surface area contributed by atoms with Gasteiger partial charge in [-0.25, -0.2) is 13.4 Å². The molecule has 0 spiro atoms. The molecule has 134 valence electrons. The number of halogens is 1. The molecule has 1 aliphatic rings. The van der Waals surface area contributed by atoms with Crippen molar-refractivity contribution in [2.24, 2.45) is 0 Å². The maximum atomic E-state index is 12.4. The third kappa shape index (κ3) is 4.02. The van der Waals surface area contributed by atoms with Crippen LogP contribution >= 0.6 is 12.4 Å². The van der Waals surface area contributed by atoms with Gasteiger partial charge in [-0.2, -0.15) is 0 Å². The van der Waals surface area contributed by atoms with Crippen LogP contribution in [0, 0.1) is 6.92 Å². The standard InChI is InChI=1S/C16H18N4O3S.ClH/c1-11-9-13(20-7-2-8-24(20,22)23)4-5-14(11)16(21)19-12-3-6-15(17)18-10-12;/h3-6,9-10H,2,7-8H2,1H3,(H2,17,18)(H,19,21);1H. The summed E-state index contributed by atoms with van der Waals surface area (Å²) in [5.41, 5.74) is 7.83. The fraction of sp³-hybridized carbons (Fsp3) is 0.250. The van der Waals surface area contributed by atoms with Gasteiger partial charge in [0.1, 0.15) is 5.82 Å². The molecule has 0 aliphatic carbocycles. The van der Waals surface area contributed by atoms with E-state index in [-0.39, 0.29) is 24.1 Å². The minimum atomic E-state index is -3.23. The topological polar surface area (TPSA) is 105 Å². The maximum absolute atomic E-state index is 12.4. The van der Waals surface area contributed by atoms with E-state index in [2.05, 4.69) is 10.3 Å². The highest BCUT2D eigenvalue weighted by Crippen LogP contribution is 2.26. The van der Waals surface area contributed by atoms with Crippen LogP contribution in [-0.4, -0.2) is 31.6 Å². The quantitative estimate of drug-likeness (QED) is 0.846. The van der Waals surface area contributed by atoms with Crippen molar-refractivity contribution in [2.75, 3.05) is 27.7 Å². The molecule has 1 aromatic carbocycles. The van der Waals surface area contributed by atoms with Crippen molar-refractivity contribution >= 4 is 45.5 Å². The molecule has 25 heavy (non-hydrogen) atoms. The predicted molar refractivity (Wildman–Crippen MR) is 101 cm³/mol. The summed E-state index contributed by atoms with van der Waals surface area (Å²) in [5, 5.41) is 2.74. The first kappa shape index (κ1) is 19.0. The van der Waals surface area contributed by atoms with Crippen LogP contribution in [-0.2, 0) is 10.0 Å². The summed E-state index contributed by atoms with van der Waals surface area (Å²) in [6.07, 6.45) is 2.10. The molecule has 1 fully saturated rings. The molecule has 0 saturated carbocycles. The van der Waals surface area contributed by atoms with Crippen molar-refractivity contribution in [3.05, 3.63) is 47.7 Å². The number of hydrogen-bond acceptors (Lipinski definition) is 5. The highest BCUT2D eigenvalue weighted by Gasteiger charge is 2.28. The minimum absolute atomic E-state index is 0. The number of nitrogen functional groups attached to an aromatic ring is 1. The van der Waals surface area contributed by atoms with Gasteiger partial charge in [0.15, 0.2) is 0 Å². The Balaban J connectivity index is 0.00000225. The molecule has 0 bridgehead atoms. The highest BCUT2D eigenvalue weighted by molar-refractivity contribution is 7.93. The summed E-state index contributed by atoms with van der Waals surface area (Å²) >= 11 is 0. The Morgan fingerprint density at radius 1 is 1.28 bits per heavy atom. The summed E-state index contributed by atoms with van der Waals surface area (Å²) < 4.78 is 25.4. The number of nitrogens with one attached hydrogen (secondary N) is 1. The second-order valence-corrected chi connectivity index (χ2v) is 7.68. The normalized spacial score (nSPS) is 15.5. The van der Waals surface area contributed by atoms with Gasteiger partial charge in [0.2, 0.25) is 10.0 Å². The number of pyridine rings is 1. The SMILES string of the molecule is Cc1cc(N2CCCS2(=O)=O)ccc1C(=O)Nc1ccc(N)nc1.Cl. The van der Waals surface area contributed by atoms with Crippen LogP contribution in [0.4, 0.5) is 17.2 Å². The number of aromatic nitrogens is 1. The predicted octanol–water partition coefficient (Wildman–Crippen LogP) is 2.19. The summed E-state index contributed by atoms with van der Waals surface area (Å²) in [6, 6.07) is 8.29. The fourth-order valence-corrected chi connectivity index (χ4v) is 4.22. The number of aryl methyl sites for hydroxylation is 1. The molecule has 0 radical (unpaired) electrons. The Hall–Kier alpha value is -2.32. The van der Waals surface area contributed by atoms with E-state index >= 15 is 0 Å². The largest absolute Gasteiger partial charge is 0.384 e. The van der Waals surface area contributed by atoms with E-state index in [4.69, 9.17) is 5.73 Å². The van der Waals surface area contributed by atoms with Gasteiger partial charge in [0.05, 0.1) is 23.3 Å². The van der Waals surface area contributed by atoms with Crippen LogP contribution < -0.4 is 15.4 Å². The van der Waals surface area contributed by atoms with Crippen LogP contribution in [0.2, 0.25) is 0 Å². The first-order valence-corrected chi connectivity index (χ1v) is 9.12. The van der Waals surface area contributed by atoms with Crippen molar-refractivity contribution in [3.8, 4) is 0 Å². The van der Waals surface area contributed by atoms with Gasteiger partial charge < -0.3 is 11.1 Å². The summed E-state index contributed by atoms with van der Waals surface area (Å²) in [6.45, 7) is 2.26. The molecule has 1 aliphatic heterocycles. The zero-order chi connectivity index (χ0) is 17.3. The molecule has 9 heteroatoms. The second-order valence-electron chi connectivity index (χ2n) is 5.67. The zero-order valence-electron chi connectivity index (χ0n) is 13.6. The van der Waals surface area contributed by atoms with E-state index < -0.39 is 10.0 Å². The molecule has 1 aromatic heterocycles. The van der Waals surface area contributed by atoms with Crippen LogP contribution in [0.5, 0.6) is 0 Å². The molecule has 0 atom stereocenters. The Kier molecular flexibility index (Phi) is 5.54. The Labute approximate surface area is 152 Å².